The highest BCUT2D eigenvalue weighted by atomic mass is 19.1. The summed E-state index contributed by atoms with van der Waals surface area (Å²) in [6, 6.07) is 14.5. The molecule has 1 N–H and O–H groups in total. The largest absolute Gasteiger partial charge is 0.347 e. The van der Waals surface area contributed by atoms with Crippen molar-refractivity contribution in [2.45, 2.75) is 19.0 Å². The van der Waals surface area contributed by atoms with Gasteiger partial charge in [0.1, 0.15) is 11.9 Å². The van der Waals surface area contributed by atoms with E-state index in [1.807, 2.05) is 18.2 Å². The lowest BCUT2D eigenvalue weighted by Crippen LogP contribution is -2.39. The van der Waals surface area contributed by atoms with Gasteiger partial charge in [0, 0.05) is 17.5 Å². The molecule has 5 rings (SSSR count). The van der Waals surface area contributed by atoms with Gasteiger partial charge >= 0.3 is 0 Å². The van der Waals surface area contributed by atoms with Crippen LogP contribution in [0.3, 0.4) is 0 Å². The summed E-state index contributed by atoms with van der Waals surface area (Å²) in [5, 5.41) is 4.03. The van der Waals surface area contributed by atoms with Gasteiger partial charge in [0.25, 0.3) is 5.91 Å². The average Bonchev–Trinajstić information content (AvgIpc) is 3.43. The first kappa shape index (κ1) is 17.3. The molecule has 0 spiro atoms. The van der Waals surface area contributed by atoms with E-state index in [1.54, 1.807) is 35.5 Å². The molecule has 2 aromatic carbocycles. The van der Waals surface area contributed by atoms with Crippen LogP contribution in [0.1, 0.15) is 33.7 Å². The number of fused-ring (bicyclic) bond motifs is 1. The molecular weight excluding hydrogens is 373 g/mol. The Labute approximate surface area is 165 Å². The number of nitrogens with one attached hydrogen (secondary N) is 1. The molecule has 0 saturated heterocycles. The van der Waals surface area contributed by atoms with E-state index < -0.39 is 6.04 Å². The van der Waals surface area contributed by atoms with Crippen molar-refractivity contribution in [3.8, 4) is 11.4 Å². The number of benzene rings is 2. The molecular formula is C21H16FN5O2. The van der Waals surface area contributed by atoms with Gasteiger partial charge in [-0.1, -0.05) is 23.4 Å². The maximum Gasteiger partial charge on any atom is 0.254 e. The Balaban J connectivity index is 1.51. The van der Waals surface area contributed by atoms with Crippen molar-refractivity contribution in [3.05, 3.63) is 89.6 Å². The summed E-state index contributed by atoms with van der Waals surface area (Å²) in [6.45, 7) is 0.363. The number of H-pyrrole nitrogens is 1. The van der Waals surface area contributed by atoms with E-state index in [0.717, 1.165) is 11.4 Å². The molecule has 7 nitrogen and oxygen atoms in total. The summed E-state index contributed by atoms with van der Waals surface area (Å²) in [7, 11) is 0. The maximum absolute atomic E-state index is 13.2. The van der Waals surface area contributed by atoms with Crippen molar-refractivity contribution in [1.29, 1.82) is 0 Å². The summed E-state index contributed by atoms with van der Waals surface area (Å²) in [6.07, 6.45) is 2.08. The number of imidazole rings is 1. The summed E-state index contributed by atoms with van der Waals surface area (Å²) < 4.78 is 18.7. The van der Waals surface area contributed by atoms with Gasteiger partial charge in [0.05, 0.1) is 24.3 Å². The summed E-state index contributed by atoms with van der Waals surface area (Å²) in [5.74, 6) is 0.204. The van der Waals surface area contributed by atoms with Crippen molar-refractivity contribution < 1.29 is 13.7 Å². The summed E-state index contributed by atoms with van der Waals surface area (Å²) >= 11 is 0. The molecule has 2 aromatic heterocycles. The minimum atomic E-state index is -0.444. The first-order valence-corrected chi connectivity index (χ1v) is 9.16. The highest BCUT2D eigenvalue weighted by molar-refractivity contribution is 5.94. The molecule has 1 atom stereocenters. The fourth-order valence-corrected chi connectivity index (χ4v) is 3.50. The van der Waals surface area contributed by atoms with E-state index in [-0.39, 0.29) is 11.7 Å². The molecule has 1 unspecified atom stereocenters. The summed E-state index contributed by atoms with van der Waals surface area (Å²) in [5.41, 5.74) is 2.98. The number of carbonyl (C=O) groups is 1. The van der Waals surface area contributed by atoms with E-state index in [0.29, 0.717) is 35.8 Å². The number of carbonyl (C=O) groups excluding carboxylic acids is 1. The summed E-state index contributed by atoms with van der Waals surface area (Å²) in [4.78, 5) is 26.8. The number of rotatable bonds is 3. The predicted octanol–water partition coefficient (Wildman–Crippen LogP) is 3.54. The Kier molecular flexibility index (Phi) is 4.16. The molecule has 0 saturated carbocycles. The smallest absolute Gasteiger partial charge is 0.254 e. The van der Waals surface area contributed by atoms with Crippen LogP contribution in [-0.4, -0.2) is 30.9 Å². The minimum absolute atomic E-state index is 0.127. The third-order valence-corrected chi connectivity index (χ3v) is 5.01. The van der Waals surface area contributed by atoms with E-state index in [1.165, 1.54) is 12.1 Å². The SMILES string of the molecule is O=C(c1ccccc1)N1Cc2[nH]cnc2CC1c1nc(-c2ccc(F)cc2)no1. The number of halogens is 1. The third kappa shape index (κ3) is 3.18. The van der Waals surface area contributed by atoms with Crippen molar-refractivity contribution in [2.75, 3.05) is 0 Å². The second-order valence-corrected chi connectivity index (χ2v) is 6.81. The molecule has 1 aliphatic rings. The highest BCUT2D eigenvalue weighted by Crippen LogP contribution is 2.33. The first-order chi connectivity index (χ1) is 14.2. The van der Waals surface area contributed by atoms with E-state index in [2.05, 4.69) is 20.1 Å². The van der Waals surface area contributed by atoms with Crippen LogP contribution in [0.5, 0.6) is 0 Å². The lowest BCUT2D eigenvalue weighted by Gasteiger charge is -2.32. The lowest BCUT2D eigenvalue weighted by molar-refractivity contribution is 0.0590. The molecule has 1 amide bonds. The number of hydrogen-bond acceptors (Lipinski definition) is 5. The zero-order valence-electron chi connectivity index (χ0n) is 15.2. The van der Waals surface area contributed by atoms with Crippen LogP contribution in [0.4, 0.5) is 4.39 Å². The van der Waals surface area contributed by atoms with Crippen molar-refractivity contribution in [3.63, 3.8) is 0 Å². The van der Waals surface area contributed by atoms with Crippen LogP contribution in [-0.2, 0) is 13.0 Å². The van der Waals surface area contributed by atoms with Gasteiger partial charge < -0.3 is 14.4 Å². The maximum atomic E-state index is 13.2. The zero-order valence-corrected chi connectivity index (χ0v) is 15.2. The van der Waals surface area contributed by atoms with Crippen LogP contribution < -0.4 is 0 Å². The van der Waals surface area contributed by atoms with Crippen LogP contribution in [0.2, 0.25) is 0 Å². The molecule has 29 heavy (non-hydrogen) atoms. The standard InChI is InChI=1S/C21H16FN5O2/c22-15-8-6-13(7-9-15)19-25-20(29-26-19)18-10-16-17(24-12-23-16)11-27(18)21(28)14-4-2-1-3-5-14/h1-9,12,18H,10-11H2,(H,23,24). The van der Waals surface area contributed by atoms with E-state index in [4.69, 9.17) is 4.52 Å². The molecule has 3 heterocycles. The van der Waals surface area contributed by atoms with Crippen molar-refractivity contribution in [2.24, 2.45) is 0 Å². The molecule has 0 bridgehead atoms. The Hall–Kier alpha value is -3.81. The Morgan fingerprint density at radius 1 is 1.14 bits per heavy atom. The molecule has 1 aliphatic heterocycles. The second kappa shape index (κ2) is 6.97. The number of aromatic amines is 1. The normalized spacial score (nSPS) is 15.9. The molecule has 4 aromatic rings. The molecule has 8 heteroatoms. The van der Waals surface area contributed by atoms with Gasteiger partial charge in [-0.05, 0) is 36.4 Å². The molecule has 0 radical (unpaired) electrons. The highest BCUT2D eigenvalue weighted by Gasteiger charge is 2.36. The molecule has 0 fully saturated rings. The fraction of sp³-hybridized carbons (Fsp3) is 0.143. The average molecular weight is 389 g/mol. The third-order valence-electron chi connectivity index (χ3n) is 5.01. The first-order valence-electron chi connectivity index (χ1n) is 9.16. The monoisotopic (exact) mass is 389 g/mol. The van der Waals surface area contributed by atoms with Crippen LogP contribution in [0.25, 0.3) is 11.4 Å². The Morgan fingerprint density at radius 3 is 2.72 bits per heavy atom. The predicted molar refractivity (Wildman–Crippen MR) is 101 cm³/mol. The number of aromatic nitrogens is 4. The number of hydrogen-bond donors (Lipinski definition) is 1. The topological polar surface area (TPSA) is 87.9 Å². The van der Waals surface area contributed by atoms with Crippen LogP contribution in [0.15, 0.2) is 65.4 Å². The lowest BCUT2D eigenvalue weighted by atomic mass is 10.0. The number of nitrogens with zero attached hydrogens (tertiary/aromatic N) is 4. The van der Waals surface area contributed by atoms with Gasteiger partial charge in [0.15, 0.2) is 0 Å². The Morgan fingerprint density at radius 2 is 1.93 bits per heavy atom. The Bertz CT molecular complexity index is 1150. The van der Waals surface area contributed by atoms with Gasteiger partial charge in [-0.25, -0.2) is 9.37 Å². The second-order valence-electron chi connectivity index (χ2n) is 6.81. The van der Waals surface area contributed by atoms with E-state index >= 15 is 0 Å². The van der Waals surface area contributed by atoms with Gasteiger partial charge in [-0.2, -0.15) is 4.98 Å². The molecule has 144 valence electrons. The fourth-order valence-electron chi connectivity index (χ4n) is 3.50. The van der Waals surface area contributed by atoms with Gasteiger partial charge in [0.2, 0.25) is 11.7 Å². The van der Waals surface area contributed by atoms with Crippen molar-refractivity contribution in [1.82, 2.24) is 25.0 Å². The number of amides is 1. The quantitative estimate of drug-likeness (QED) is 0.579. The minimum Gasteiger partial charge on any atom is -0.347 e. The van der Waals surface area contributed by atoms with Crippen LogP contribution >= 0.6 is 0 Å². The van der Waals surface area contributed by atoms with E-state index in [9.17, 15) is 9.18 Å². The van der Waals surface area contributed by atoms with Gasteiger partial charge in [-0.3, -0.25) is 4.79 Å². The molecule has 0 aliphatic carbocycles. The van der Waals surface area contributed by atoms with Gasteiger partial charge in [-0.15, -0.1) is 0 Å². The van der Waals surface area contributed by atoms with Crippen molar-refractivity contribution >= 4 is 5.91 Å². The zero-order chi connectivity index (χ0) is 19.8. The van der Waals surface area contributed by atoms with Crippen LogP contribution in [0, 0.1) is 5.82 Å².